The van der Waals surface area contributed by atoms with E-state index in [-0.39, 0.29) is 0 Å². The van der Waals surface area contributed by atoms with Crippen molar-refractivity contribution in [1.29, 1.82) is 0 Å². The third-order valence-corrected chi connectivity index (χ3v) is 5.12. The van der Waals surface area contributed by atoms with Crippen molar-refractivity contribution in [2.24, 2.45) is 0 Å². The quantitative estimate of drug-likeness (QED) is 0.766. The summed E-state index contributed by atoms with van der Waals surface area (Å²) in [6, 6.07) is 1.96. The smallest absolute Gasteiger partial charge is 0.136 e. The molecular weight excluding hydrogens is 224 g/mol. The number of piperidine rings is 2. The van der Waals surface area contributed by atoms with Crippen LogP contribution < -0.4 is 0 Å². The topological polar surface area (TPSA) is 23.6 Å². The summed E-state index contributed by atoms with van der Waals surface area (Å²) in [5.74, 6) is 0.516. The first kappa shape index (κ1) is 12.6. The van der Waals surface area contributed by atoms with Gasteiger partial charge in [0.15, 0.2) is 0 Å². The Morgan fingerprint density at radius 2 is 1.61 bits per heavy atom. The van der Waals surface area contributed by atoms with E-state index in [1.54, 1.807) is 0 Å². The SMILES string of the molecule is CCCN1CCC(N2C3CCC2CC(=O)C3)CC1. The van der Waals surface area contributed by atoms with Gasteiger partial charge in [-0.2, -0.15) is 0 Å². The number of carbonyl (C=O) groups excluding carboxylic acids is 1. The molecule has 3 heteroatoms. The van der Waals surface area contributed by atoms with Gasteiger partial charge in [-0.15, -0.1) is 0 Å². The average molecular weight is 250 g/mol. The van der Waals surface area contributed by atoms with E-state index in [2.05, 4.69) is 16.7 Å². The fourth-order valence-electron chi connectivity index (χ4n) is 4.36. The molecule has 2 bridgehead atoms. The minimum Gasteiger partial charge on any atom is -0.303 e. The van der Waals surface area contributed by atoms with Gasteiger partial charge in [-0.3, -0.25) is 9.69 Å². The zero-order valence-corrected chi connectivity index (χ0v) is 11.6. The first-order chi connectivity index (χ1) is 8.78. The molecule has 3 aliphatic heterocycles. The minimum atomic E-state index is 0.516. The summed E-state index contributed by atoms with van der Waals surface area (Å²) in [7, 11) is 0. The zero-order valence-electron chi connectivity index (χ0n) is 11.6. The molecule has 3 fully saturated rings. The van der Waals surface area contributed by atoms with Gasteiger partial charge in [0.1, 0.15) is 5.78 Å². The van der Waals surface area contributed by atoms with Crippen molar-refractivity contribution in [2.75, 3.05) is 19.6 Å². The molecule has 2 atom stereocenters. The van der Waals surface area contributed by atoms with Crippen molar-refractivity contribution in [3.8, 4) is 0 Å². The van der Waals surface area contributed by atoms with Gasteiger partial charge in [-0.05, 0) is 51.7 Å². The highest BCUT2D eigenvalue weighted by Crippen LogP contribution is 2.37. The molecule has 0 aromatic heterocycles. The van der Waals surface area contributed by atoms with Crippen LogP contribution in [0.4, 0.5) is 0 Å². The predicted octanol–water partition coefficient (Wildman–Crippen LogP) is 2.06. The van der Waals surface area contributed by atoms with Crippen LogP contribution in [-0.4, -0.2) is 53.3 Å². The largest absolute Gasteiger partial charge is 0.303 e. The molecule has 0 aliphatic carbocycles. The molecular formula is C15H26N2O. The van der Waals surface area contributed by atoms with E-state index < -0.39 is 0 Å². The van der Waals surface area contributed by atoms with Crippen molar-refractivity contribution in [1.82, 2.24) is 9.80 Å². The molecule has 18 heavy (non-hydrogen) atoms. The molecule has 3 nitrogen and oxygen atoms in total. The van der Waals surface area contributed by atoms with Crippen LogP contribution in [0.1, 0.15) is 51.9 Å². The molecule has 0 amide bonds. The van der Waals surface area contributed by atoms with Crippen molar-refractivity contribution in [3.63, 3.8) is 0 Å². The summed E-state index contributed by atoms with van der Waals surface area (Å²) < 4.78 is 0. The Kier molecular flexibility index (Phi) is 3.71. The number of rotatable bonds is 3. The maximum absolute atomic E-state index is 11.7. The van der Waals surface area contributed by atoms with Crippen LogP contribution in [0.5, 0.6) is 0 Å². The number of hydrogen-bond acceptors (Lipinski definition) is 3. The lowest BCUT2D eigenvalue weighted by Gasteiger charge is -2.44. The highest BCUT2D eigenvalue weighted by atomic mass is 16.1. The standard InChI is InChI=1S/C15H26N2O/c1-2-7-16-8-5-12(6-9-16)17-13-3-4-14(17)11-15(18)10-13/h12-14H,2-11H2,1H3. The van der Waals surface area contributed by atoms with Crippen molar-refractivity contribution in [2.45, 2.75) is 70.0 Å². The Morgan fingerprint density at radius 1 is 1.00 bits per heavy atom. The lowest BCUT2D eigenvalue weighted by atomic mass is 9.94. The lowest BCUT2D eigenvalue weighted by molar-refractivity contribution is -0.124. The zero-order chi connectivity index (χ0) is 12.5. The molecule has 3 rings (SSSR count). The number of likely N-dealkylation sites (tertiary alicyclic amines) is 1. The van der Waals surface area contributed by atoms with Gasteiger partial charge < -0.3 is 4.90 Å². The highest BCUT2D eigenvalue weighted by molar-refractivity contribution is 5.81. The van der Waals surface area contributed by atoms with Crippen LogP contribution in [0.25, 0.3) is 0 Å². The molecule has 0 aromatic rings. The normalized spacial score (nSPS) is 35.3. The fraction of sp³-hybridized carbons (Fsp3) is 0.933. The van der Waals surface area contributed by atoms with E-state index >= 15 is 0 Å². The molecule has 3 heterocycles. The average Bonchev–Trinajstić information content (AvgIpc) is 2.64. The summed E-state index contributed by atoms with van der Waals surface area (Å²) >= 11 is 0. The van der Waals surface area contributed by atoms with Crippen LogP contribution in [-0.2, 0) is 4.79 Å². The summed E-state index contributed by atoms with van der Waals surface area (Å²) in [5, 5.41) is 0. The second kappa shape index (κ2) is 5.30. The maximum atomic E-state index is 11.7. The van der Waals surface area contributed by atoms with Gasteiger partial charge in [0, 0.05) is 31.0 Å². The van der Waals surface area contributed by atoms with Gasteiger partial charge in [-0.25, -0.2) is 0 Å². The van der Waals surface area contributed by atoms with E-state index in [1.165, 1.54) is 51.7 Å². The number of ketones is 1. The van der Waals surface area contributed by atoms with E-state index in [9.17, 15) is 4.79 Å². The maximum Gasteiger partial charge on any atom is 0.136 e. The van der Waals surface area contributed by atoms with Crippen LogP contribution in [0, 0.1) is 0 Å². The third kappa shape index (κ3) is 2.35. The molecule has 3 aliphatic rings. The molecule has 0 saturated carbocycles. The monoisotopic (exact) mass is 250 g/mol. The second-order valence-corrected chi connectivity index (χ2v) is 6.35. The summed E-state index contributed by atoms with van der Waals surface area (Å²) in [6.45, 7) is 6.06. The number of Topliss-reactive ketones (excluding diaryl/α,β-unsaturated/α-hetero) is 1. The Hall–Kier alpha value is -0.410. The van der Waals surface area contributed by atoms with Gasteiger partial charge >= 0.3 is 0 Å². The number of carbonyl (C=O) groups is 1. The predicted molar refractivity (Wildman–Crippen MR) is 72.6 cm³/mol. The molecule has 0 aromatic carbocycles. The van der Waals surface area contributed by atoms with Crippen molar-refractivity contribution in [3.05, 3.63) is 0 Å². The van der Waals surface area contributed by atoms with Gasteiger partial charge in [0.05, 0.1) is 0 Å². The molecule has 0 spiro atoms. The Balaban J connectivity index is 1.58. The molecule has 2 unspecified atom stereocenters. The first-order valence-corrected chi connectivity index (χ1v) is 7.79. The first-order valence-electron chi connectivity index (χ1n) is 7.79. The van der Waals surface area contributed by atoms with E-state index in [4.69, 9.17) is 0 Å². The van der Waals surface area contributed by atoms with E-state index in [1.807, 2.05) is 0 Å². The molecule has 0 radical (unpaired) electrons. The number of fused-ring (bicyclic) bond motifs is 2. The molecule has 0 N–H and O–H groups in total. The number of nitrogens with zero attached hydrogens (tertiary/aromatic N) is 2. The fourth-order valence-corrected chi connectivity index (χ4v) is 4.36. The Labute approximate surface area is 111 Å². The minimum absolute atomic E-state index is 0.516. The molecule has 3 saturated heterocycles. The van der Waals surface area contributed by atoms with E-state index in [0.717, 1.165) is 18.9 Å². The number of hydrogen-bond donors (Lipinski definition) is 0. The highest BCUT2D eigenvalue weighted by Gasteiger charge is 2.43. The van der Waals surface area contributed by atoms with Crippen LogP contribution in [0.15, 0.2) is 0 Å². The van der Waals surface area contributed by atoms with Crippen LogP contribution >= 0.6 is 0 Å². The Bertz CT molecular complexity index is 294. The summed E-state index contributed by atoms with van der Waals surface area (Å²) in [6.07, 6.45) is 8.13. The van der Waals surface area contributed by atoms with Crippen LogP contribution in [0.3, 0.4) is 0 Å². The Morgan fingerprint density at radius 3 is 2.17 bits per heavy atom. The van der Waals surface area contributed by atoms with Crippen molar-refractivity contribution >= 4 is 5.78 Å². The van der Waals surface area contributed by atoms with Crippen molar-refractivity contribution < 1.29 is 4.79 Å². The van der Waals surface area contributed by atoms with E-state index in [0.29, 0.717) is 17.9 Å². The summed E-state index contributed by atoms with van der Waals surface area (Å²) in [5.41, 5.74) is 0. The van der Waals surface area contributed by atoms with Gasteiger partial charge in [0.25, 0.3) is 0 Å². The van der Waals surface area contributed by atoms with Gasteiger partial charge in [-0.1, -0.05) is 6.92 Å². The summed E-state index contributed by atoms with van der Waals surface area (Å²) in [4.78, 5) is 17.0. The van der Waals surface area contributed by atoms with Gasteiger partial charge in [0.2, 0.25) is 0 Å². The second-order valence-electron chi connectivity index (χ2n) is 6.35. The van der Waals surface area contributed by atoms with Crippen LogP contribution in [0.2, 0.25) is 0 Å². The molecule has 102 valence electrons. The third-order valence-electron chi connectivity index (χ3n) is 5.12. The lowest BCUT2D eigenvalue weighted by Crippen LogP contribution is -2.52.